The van der Waals surface area contributed by atoms with E-state index in [4.69, 9.17) is 5.73 Å². The van der Waals surface area contributed by atoms with Crippen molar-refractivity contribution in [1.82, 2.24) is 4.98 Å². The number of pyridine rings is 1. The van der Waals surface area contributed by atoms with Crippen LogP contribution in [0.1, 0.15) is 36.4 Å². The van der Waals surface area contributed by atoms with E-state index in [1.165, 1.54) is 5.56 Å². The molecule has 0 saturated heterocycles. The van der Waals surface area contributed by atoms with Crippen LogP contribution in [-0.2, 0) is 6.42 Å². The Labute approximate surface area is 122 Å². The Morgan fingerprint density at radius 3 is 2.30 bits per heavy atom. The second-order valence-corrected chi connectivity index (χ2v) is 5.88. The molecule has 0 aliphatic heterocycles. The Morgan fingerprint density at radius 2 is 1.75 bits per heavy atom. The molecule has 2 heteroatoms. The van der Waals surface area contributed by atoms with Gasteiger partial charge < -0.3 is 5.73 Å². The summed E-state index contributed by atoms with van der Waals surface area (Å²) in [4.78, 5) is 4.63. The second-order valence-electron chi connectivity index (χ2n) is 5.88. The molecule has 0 saturated carbocycles. The first-order valence-electron chi connectivity index (χ1n) is 7.08. The summed E-state index contributed by atoms with van der Waals surface area (Å²) in [7, 11) is 0. The topological polar surface area (TPSA) is 38.9 Å². The van der Waals surface area contributed by atoms with Crippen molar-refractivity contribution in [3.05, 3.63) is 53.7 Å². The first-order chi connectivity index (χ1) is 9.40. The van der Waals surface area contributed by atoms with Crippen LogP contribution in [0.3, 0.4) is 0 Å². The number of rotatable bonds is 3. The van der Waals surface area contributed by atoms with Gasteiger partial charge in [0.2, 0.25) is 0 Å². The number of aryl methyl sites for hydroxylation is 2. The van der Waals surface area contributed by atoms with Gasteiger partial charge in [0, 0.05) is 11.3 Å². The summed E-state index contributed by atoms with van der Waals surface area (Å²) in [5.41, 5.74) is 13.3. The van der Waals surface area contributed by atoms with Crippen molar-refractivity contribution in [2.75, 3.05) is 5.73 Å². The molecule has 105 valence electrons. The van der Waals surface area contributed by atoms with E-state index < -0.39 is 0 Å². The Kier molecular flexibility index (Phi) is 4.12. The minimum atomic E-state index is 0.553. The van der Waals surface area contributed by atoms with Gasteiger partial charge in [0.05, 0.1) is 11.4 Å². The van der Waals surface area contributed by atoms with Crippen LogP contribution < -0.4 is 5.73 Å². The van der Waals surface area contributed by atoms with E-state index in [1.54, 1.807) is 0 Å². The molecule has 2 rings (SSSR count). The Balaban J connectivity index is 2.61. The van der Waals surface area contributed by atoms with Gasteiger partial charge >= 0.3 is 0 Å². The highest BCUT2D eigenvalue weighted by atomic mass is 14.8. The largest absolute Gasteiger partial charge is 0.397 e. The van der Waals surface area contributed by atoms with E-state index in [0.717, 1.165) is 40.2 Å². The molecule has 0 fully saturated rings. The standard InChI is InChI=1S/C18H23N2/c1-11(2)10-16-13(4)17(18(19)14(5)20-16)15-8-6-12(3)7-9-15/h6-9,11H,4,10,19H2,1-3,5H3. The van der Waals surface area contributed by atoms with Crippen molar-refractivity contribution < 1.29 is 0 Å². The van der Waals surface area contributed by atoms with Crippen LogP contribution in [0.25, 0.3) is 11.1 Å². The minimum absolute atomic E-state index is 0.553. The van der Waals surface area contributed by atoms with Crippen LogP contribution in [0.15, 0.2) is 24.3 Å². The Bertz CT molecular complexity index is 610. The van der Waals surface area contributed by atoms with Crippen molar-refractivity contribution in [3.63, 3.8) is 0 Å². The van der Waals surface area contributed by atoms with E-state index in [1.807, 2.05) is 6.92 Å². The molecule has 20 heavy (non-hydrogen) atoms. The van der Waals surface area contributed by atoms with E-state index in [0.29, 0.717) is 5.92 Å². The molecule has 1 heterocycles. The SMILES string of the molecule is [CH2]c1c(CC(C)C)nc(C)c(N)c1-c1ccc(C)cc1. The molecule has 0 aliphatic rings. The summed E-state index contributed by atoms with van der Waals surface area (Å²) in [6, 6.07) is 8.42. The minimum Gasteiger partial charge on any atom is -0.397 e. The lowest BCUT2D eigenvalue weighted by molar-refractivity contribution is 0.633. The number of anilines is 1. The van der Waals surface area contributed by atoms with Crippen molar-refractivity contribution in [1.29, 1.82) is 0 Å². The molecule has 0 atom stereocenters. The van der Waals surface area contributed by atoms with E-state index in [-0.39, 0.29) is 0 Å². The van der Waals surface area contributed by atoms with Crippen LogP contribution in [0.2, 0.25) is 0 Å². The zero-order chi connectivity index (χ0) is 14.9. The van der Waals surface area contributed by atoms with Gasteiger partial charge in [-0.2, -0.15) is 0 Å². The summed E-state index contributed by atoms with van der Waals surface area (Å²) in [5, 5.41) is 0. The average Bonchev–Trinajstić information content (AvgIpc) is 2.38. The van der Waals surface area contributed by atoms with Gasteiger partial charge in [0.1, 0.15) is 0 Å². The third-order valence-electron chi connectivity index (χ3n) is 3.55. The van der Waals surface area contributed by atoms with Crippen molar-refractivity contribution in [2.45, 2.75) is 34.1 Å². The van der Waals surface area contributed by atoms with E-state index in [9.17, 15) is 0 Å². The molecule has 1 aromatic heterocycles. The maximum atomic E-state index is 6.25. The number of hydrogen-bond acceptors (Lipinski definition) is 2. The predicted octanol–water partition coefficient (Wildman–Crippen LogP) is 4.33. The van der Waals surface area contributed by atoms with Crippen molar-refractivity contribution in [2.24, 2.45) is 5.92 Å². The van der Waals surface area contributed by atoms with Crippen LogP contribution in [0.5, 0.6) is 0 Å². The van der Waals surface area contributed by atoms with Gasteiger partial charge in [-0.3, -0.25) is 4.98 Å². The summed E-state index contributed by atoms with van der Waals surface area (Å²) in [6.45, 7) is 12.7. The molecule has 0 spiro atoms. The first-order valence-corrected chi connectivity index (χ1v) is 7.08. The number of hydrogen-bond donors (Lipinski definition) is 1. The van der Waals surface area contributed by atoms with Crippen LogP contribution in [0, 0.1) is 26.7 Å². The number of aromatic nitrogens is 1. The summed E-state index contributed by atoms with van der Waals surface area (Å²) in [6.07, 6.45) is 0.929. The van der Waals surface area contributed by atoms with Crippen LogP contribution in [-0.4, -0.2) is 4.98 Å². The first kappa shape index (κ1) is 14.6. The zero-order valence-corrected chi connectivity index (χ0v) is 12.8. The number of nitrogen functional groups attached to an aromatic ring is 1. The summed E-state index contributed by atoms with van der Waals surface area (Å²) in [5.74, 6) is 0.553. The molecular formula is C18H23N2. The number of nitrogens with two attached hydrogens (primary N) is 1. The normalized spacial score (nSPS) is 11.1. The molecule has 2 aromatic rings. The lowest BCUT2D eigenvalue weighted by atomic mass is 9.93. The van der Waals surface area contributed by atoms with E-state index in [2.05, 4.69) is 56.9 Å². The smallest absolute Gasteiger partial charge is 0.0613 e. The van der Waals surface area contributed by atoms with Gasteiger partial charge in [-0.1, -0.05) is 43.7 Å². The van der Waals surface area contributed by atoms with Gasteiger partial charge in [-0.25, -0.2) is 0 Å². The van der Waals surface area contributed by atoms with Crippen molar-refractivity contribution >= 4 is 5.69 Å². The molecule has 0 amide bonds. The lowest BCUT2D eigenvalue weighted by Crippen LogP contribution is -2.07. The van der Waals surface area contributed by atoms with Gasteiger partial charge in [-0.15, -0.1) is 0 Å². The molecule has 0 bridgehead atoms. The zero-order valence-electron chi connectivity index (χ0n) is 12.8. The van der Waals surface area contributed by atoms with Gasteiger partial charge in [-0.05, 0) is 44.2 Å². The average molecular weight is 267 g/mol. The van der Waals surface area contributed by atoms with E-state index >= 15 is 0 Å². The fraction of sp³-hybridized carbons (Fsp3) is 0.333. The fourth-order valence-electron chi connectivity index (χ4n) is 2.42. The number of nitrogens with zero attached hydrogens (tertiary/aromatic N) is 1. The third kappa shape index (κ3) is 2.84. The number of benzene rings is 1. The Hall–Kier alpha value is -1.83. The predicted molar refractivity (Wildman–Crippen MR) is 86.6 cm³/mol. The molecule has 2 N–H and O–H groups in total. The third-order valence-corrected chi connectivity index (χ3v) is 3.55. The molecule has 1 aromatic carbocycles. The van der Waals surface area contributed by atoms with Crippen molar-refractivity contribution in [3.8, 4) is 11.1 Å². The molecule has 1 radical (unpaired) electrons. The van der Waals surface area contributed by atoms with Crippen LogP contribution >= 0.6 is 0 Å². The molecule has 0 aliphatic carbocycles. The maximum absolute atomic E-state index is 6.25. The molecular weight excluding hydrogens is 244 g/mol. The van der Waals surface area contributed by atoms with Gasteiger partial charge in [0.25, 0.3) is 0 Å². The summed E-state index contributed by atoms with van der Waals surface area (Å²) < 4.78 is 0. The fourth-order valence-corrected chi connectivity index (χ4v) is 2.42. The Morgan fingerprint density at radius 1 is 1.15 bits per heavy atom. The second kappa shape index (κ2) is 5.66. The molecule has 2 nitrogen and oxygen atoms in total. The summed E-state index contributed by atoms with van der Waals surface area (Å²) >= 11 is 0. The monoisotopic (exact) mass is 267 g/mol. The maximum Gasteiger partial charge on any atom is 0.0613 e. The highest BCUT2D eigenvalue weighted by Gasteiger charge is 2.15. The van der Waals surface area contributed by atoms with Gasteiger partial charge in [0.15, 0.2) is 0 Å². The van der Waals surface area contributed by atoms with Crippen LogP contribution in [0.4, 0.5) is 5.69 Å². The molecule has 0 unspecified atom stereocenters. The highest BCUT2D eigenvalue weighted by molar-refractivity contribution is 5.82. The lowest BCUT2D eigenvalue weighted by Gasteiger charge is -2.17. The highest BCUT2D eigenvalue weighted by Crippen LogP contribution is 2.33. The quantitative estimate of drug-likeness (QED) is 0.899.